The molecule has 8 atom stereocenters. The van der Waals surface area contributed by atoms with E-state index in [4.69, 9.17) is 4.74 Å². The first-order valence-corrected chi connectivity index (χ1v) is 17.5. The SMILES string of the molecule is CC12CCC(O)CC1=CC=C1C2CCC2(C)C1CCC2(O)CN(Cc1ccc(OC(F)(F)F)cc1)C(=O)C12CCC(C)(C(=O)O1)C2(C)C. The number of alkyl halides is 3. The predicted octanol–water partition coefficient (Wildman–Crippen LogP) is 7.01. The highest BCUT2D eigenvalue weighted by Crippen LogP contribution is 2.68. The molecule has 1 aliphatic heterocycles. The van der Waals surface area contributed by atoms with Crippen LogP contribution in [-0.4, -0.2) is 57.2 Å². The number of aliphatic hydroxyl groups is 2. The van der Waals surface area contributed by atoms with Gasteiger partial charge in [-0.2, -0.15) is 0 Å². The van der Waals surface area contributed by atoms with Crippen molar-refractivity contribution in [1.82, 2.24) is 4.90 Å². The zero-order valence-electron chi connectivity index (χ0n) is 28.6. The first-order valence-electron chi connectivity index (χ1n) is 17.5. The van der Waals surface area contributed by atoms with Crippen LogP contribution in [0.3, 0.4) is 0 Å². The molecule has 6 aliphatic rings. The lowest BCUT2D eigenvalue weighted by Crippen LogP contribution is -2.60. The molecule has 1 saturated heterocycles. The Hall–Kier alpha value is -2.85. The summed E-state index contributed by atoms with van der Waals surface area (Å²) in [6.45, 7) is 10.2. The van der Waals surface area contributed by atoms with E-state index in [1.54, 1.807) is 4.90 Å². The smallest absolute Gasteiger partial charge is 0.448 e. The van der Waals surface area contributed by atoms with Gasteiger partial charge in [-0.05, 0) is 99.7 Å². The van der Waals surface area contributed by atoms with Crippen LogP contribution < -0.4 is 4.74 Å². The molecule has 262 valence electrons. The zero-order chi connectivity index (χ0) is 34.7. The van der Waals surface area contributed by atoms with Crippen molar-refractivity contribution in [1.29, 1.82) is 0 Å². The lowest BCUT2D eigenvalue weighted by molar-refractivity contribution is -0.274. The van der Waals surface area contributed by atoms with Crippen molar-refractivity contribution in [2.75, 3.05) is 6.54 Å². The number of aliphatic hydroxyl groups excluding tert-OH is 1. The molecule has 2 N–H and O–H groups in total. The highest BCUT2D eigenvalue weighted by molar-refractivity contribution is 5.96. The molecule has 1 heterocycles. The second-order valence-electron chi connectivity index (χ2n) is 16.8. The van der Waals surface area contributed by atoms with Crippen molar-refractivity contribution in [3.8, 4) is 5.75 Å². The molecule has 2 bridgehead atoms. The Kier molecular flexibility index (Phi) is 7.41. The van der Waals surface area contributed by atoms with E-state index in [9.17, 15) is 33.0 Å². The summed E-state index contributed by atoms with van der Waals surface area (Å²) in [5, 5.41) is 23.1. The number of hydrogen-bond donors (Lipinski definition) is 2. The maximum atomic E-state index is 14.9. The molecule has 5 fully saturated rings. The van der Waals surface area contributed by atoms with Gasteiger partial charge in [0.05, 0.1) is 23.7 Å². The normalized spacial score (nSPS) is 41.0. The summed E-state index contributed by atoms with van der Waals surface area (Å²) in [6.07, 6.45) is 5.52. The van der Waals surface area contributed by atoms with Crippen molar-refractivity contribution in [3.05, 3.63) is 53.1 Å². The topological polar surface area (TPSA) is 96.3 Å². The van der Waals surface area contributed by atoms with Crippen LogP contribution in [0.4, 0.5) is 13.2 Å². The van der Waals surface area contributed by atoms with Gasteiger partial charge in [0.25, 0.3) is 5.91 Å². The molecular weight excluding hydrogens is 623 g/mol. The average Bonchev–Trinajstić information content (AvgIpc) is 3.45. The van der Waals surface area contributed by atoms with E-state index in [0.717, 1.165) is 32.1 Å². The summed E-state index contributed by atoms with van der Waals surface area (Å²) in [5.41, 5.74) is -1.59. The van der Waals surface area contributed by atoms with Gasteiger partial charge in [0, 0.05) is 17.4 Å². The van der Waals surface area contributed by atoms with E-state index in [1.807, 2.05) is 20.8 Å². The third-order valence-corrected chi connectivity index (χ3v) is 14.6. The molecular formula is C38H48F3NO6. The first kappa shape index (κ1) is 33.6. The highest BCUT2D eigenvalue weighted by Gasteiger charge is 2.76. The highest BCUT2D eigenvalue weighted by atomic mass is 19.4. The Bertz CT molecular complexity index is 1590. The number of carbonyl (C=O) groups excluding carboxylic acids is 2. The summed E-state index contributed by atoms with van der Waals surface area (Å²) in [4.78, 5) is 29.6. The second kappa shape index (κ2) is 10.6. The van der Waals surface area contributed by atoms with Crippen LogP contribution in [0.25, 0.3) is 0 Å². The summed E-state index contributed by atoms with van der Waals surface area (Å²) in [7, 11) is 0. The fourth-order valence-corrected chi connectivity index (χ4v) is 10.9. The van der Waals surface area contributed by atoms with E-state index in [-0.39, 0.29) is 42.2 Å². The second-order valence-corrected chi connectivity index (χ2v) is 16.8. The zero-order valence-corrected chi connectivity index (χ0v) is 28.6. The third-order valence-electron chi connectivity index (χ3n) is 14.6. The van der Waals surface area contributed by atoms with Crippen molar-refractivity contribution < 1.29 is 42.4 Å². The van der Waals surface area contributed by atoms with Crippen LogP contribution in [0.1, 0.15) is 98.0 Å². The van der Waals surface area contributed by atoms with Crippen molar-refractivity contribution in [3.63, 3.8) is 0 Å². The number of esters is 1. The Morgan fingerprint density at radius 3 is 2.27 bits per heavy atom. The quantitative estimate of drug-likeness (QED) is 0.316. The molecule has 5 aliphatic carbocycles. The van der Waals surface area contributed by atoms with E-state index < -0.39 is 39.8 Å². The fraction of sp³-hybridized carbons (Fsp3) is 0.684. The van der Waals surface area contributed by atoms with Gasteiger partial charge in [0.1, 0.15) is 5.75 Å². The maximum Gasteiger partial charge on any atom is 0.573 e. The monoisotopic (exact) mass is 671 g/mol. The minimum absolute atomic E-state index is 0.00816. The number of fused-ring (bicyclic) bond motifs is 7. The molecule has 4 saturated carbocycles. The summed E-state index contributed by atoms with van der Waals surface area (Å²) in [5.74, 6) is -0.669. The maximum absolute atomic E-state index is 14.9. The number of allylic oxidation sites excluding steroid dienone is 3. The van der Waals surface area contributed by atoms with Crippen molar-refractivity contribution in [2.24, 2.45) is 33.5 Å². The Labute approximate surface area is 280 Å². The van der Waals surface area contributed by atoms with E-state index >= 15 is 0 Å². The summed E-state index contributed by atoms with van der Waals surface area (Å²) < 4.78 is 48.6. The average molecular weight is 672 g/mol. The molecule has 0 radical (unpaired) electrons. The number of hydrogen-bond acceptors (Lipinski definition) is 6. The molecule has 48 heavy (non-hydrogen) atoms. The standard InChI is InChI=1S/C38H48F3NO6/c1-32(2)35(5)18-19-37(32,48-31(35)45)30(44)42(21-23-6-9-26(10-7-23)47-38(39,40)41)22-36(46)17-14-29-27-11-8-24-20-25(43)12-15-33(24,3)28(27)13-16-34(29,36)4/h6-11,25,28-29,43,46H,12-22H2,1-5H3. The Balaban J connectivity index is 1.21. The molecule has 1 aromatic rings. The fourth-order valence-electron chi connectivity index (χ4n) is 10.9. The predicted molar refractivity (Wildman–Crippen MR) is 171 cm³/mol. The third kappa shape index (κ3) is 4.60. The van der Waals surface area contributed by atoms with Crippen LogP contribution in [0.5, 0.6) is 5.75 Å². The minimum Gasteiger partial charge on any atom is -0.448 e. The number of amides is 1. The van der Waals surface area contributed by atoms with E-state index in [2.05, 4.69) is 30.7 Å². The number of nitrogens with zero attached hydrogens (tertiary/aromatic N) is 1. The number of carbonyl (C=O) groups is 2. The van der Waals surface area contributed by atoms with Gasteiger partial charge in [0.15, 0.2) is 5.60 Å². The van der Waals surface area contributed by atoms with Gasteiger partial charge in [-0.1, -0.05) is 63.1 Å². The van der Waals surface area contributed by atoms with Gasteiger partial charge >= 0.3 is 12.3 Å². The number of halogens is 3. The summed E-state index contributed by atoms with van der Waals surface area (Å²) >= 11 is 0. The van der Waals surface area contributed by atoms with Gasteiger partial charge < -0.3 is 24.6 Å². The van der Waals surface area contributed by atoms with Crippen LogP contribution in [-0.2, 0) is 20.9 Å². The molecule has 10 heteroatoms. The number of rotatable bonds is 6. The molecule has 1 amide bonds. The molecule has 0 spiro atoms. The van der Waals surface area contributed by atoms with Crippen LogP contribution >= 0.6 is 0 Å². The number of benzene rings is 1. The Morgan fingerprint density at radius 2 is 1.65 bits per heavy atom. The van der Waals surface area contributed by atoms with Crippen molar-refractivity contribution >= 4 is 11.9 Å². The van der Waals surface area contributed by atoms with Crippen LogP contribution in [0.15, 0.2) is 47.6 Å². The van der Waals surface area contributed by atoms with Gasteiger partial charge in [-0.15, -0.1) is 13.2 Å². The van der Waals surface area contributed by atoms with Crippen LogP contribution in [0.2, 0.25) is 0 Å². The molecule has 1 aromatic carbocycles. The van der Waals surface area contributed by atoms with E-state index in [0.29, 0.717) is 37.2 Å². The number of ether oxygens (including phenoxy) is 2. The molecule has 7 nitrogen and oxygen atoms in total. The van der Waals surface area contributed by atoms with Gasteiger partial charge in [-0.25, -0.2) is 0 Å². The lowest BCUT2D eigenvalue weighted by Gasteiger charge is -2.56. The first-order chi connectivity index (χ1) is 22.3. The lowest BCUT2D eigenvalue weighted by atomic mass is 9.50. The summed E-state index contributed by atoms with van der Waals surface area (Å²) in [6, 6.07) is 5.44. The van der Waals surface area contributed by atoms with Crippen LogP contribution in [0, 0.1) is 33.5 Å². The van der Waals surface area contributed by atoms with Gasteiger partial charge in [0.2, 0.25) is 0 Å². The van der Waals surface area contributed by atoms with E-state index in [1.165, 1.54) is 35.4 Å². The largest absolute Gasteiger partial charge is 0.573 e. The molecule has 0 aromatic heterocycles. The molecule has 7 rings (SSSR count). The minimum atomic E-state index is -4.83. The molecule has 8 unspecified atom stereocenters. The van der Waals surface area contributed by atoms with Crippen molar-refractivity contribution in [2.45, 2.75) is 123 Å². The van der Waals surface area contributed by atoms with Gasteiger partial charge in [-0.3, -0.25) is 9.59 Å². The Morgan fingerprint density at radius 1 is 0.958 bits per heavy atom.